The number of halogens is 1. The maximum atomic E-state index is 5.21. The molecule has 0 radical (unpaired) electrons. The maximum absolute atomic E-state index is 5.21. The summed E-state index contributed by atoms with van der Waals surface area (Å²) in [5.74, 6) is 0. The van der Waals surface area contributed by atoms with E-state index in [0.29, 0.717) is 12.1 Å². The van der Waals surface area contributed by atoms with Crippen molar-refractivity contribution in [3.63, 3.8) is 0 Å². The van der Waals surface area contributed by atoms with Crippen LogP contribution in [0.2, 0.25) is 0 Å². The molecule has 0 bridgehead atoms. The second-order valence-electron chi connectivity index (χ2n) is 6.94. The average molecular weight is 334 g/mol. The highest BCUT2D eigenvalue weighted by Crippen LogP contribution is 2.13. The fraction of sp³-hybridized carbons (Fsp3) is 1.00. The van der Waals surface area contributed by atoms with Crippen molar-refractivity contribution < 1.29 is 4.74 Å². The molecule has 1 aliphatic rings. The molecule has 1 saturated heterocycles. The molecular formula is C19H40ClNO. The van der Waals surface area contributed by atoms with Crippen LogP contribution < -0.4 is 5.32 Å². The summed E-state index contributed by atoms with van der Waals surface area (Å²) < 4.78 is 5.21. The lowest BCUT2D eigenvalue weighted by Crippen LogP contribution is -2.29. The van der Waals surface area contributed by atoms with E-state index in [1.807, 2.05) is 0 Å². The van der Waals surface area contributed by atoms with Gasteiger partial charge in [-0.15, -0.1) is 12.4 Å². The molecule has 1 N–H and O–H groups in total. The fourth-order valence-electron chi connectivity index (χ4n) is 2.91. The minimum Gasteiger partial charge on any atom is -0.372 e. The normalized spacial score (nSPS) is 18.0. The molecule has 0 aromatic rings. The van der Waals surface area contributed by atoms with Crippen molar-refractivity contribution in [2.24, 2.45) is 0 Å². The first-order chi connectivity index (χ1) is 10.3. The third kappa shape index (κ3) is 15.1. The molecular weight excluding hydrogens is 294 g/mol. The molecule has 0 spiro atoms. The number of unbranched alkanes of at least 4 members (excludes halogenated alkanes) is 11. The van der Waals surface area contributed by atoms with E-state index in [0.717, 1.165) is 13.2 Å². The lowest BCUT2D eigenvalue weighted by molar-refractivity contribution is 0.379. The van der Waals surface area contributed by atoms with Crippen LogP contribution in [0.1, 0.15) is 97.3 Å². The van der Waals surface area contributed by atoms with Crippen LogP contribution in [-0.4, -0.2) is 25.3 Å². The van der Waals surface area contributed by atoms with Crippen LogP contribution in [0.3, 0.4) is 0 Å². The molecule has 0 aromatic heterocycles. The minimum atomic E-state index is 0. The largest absolute Gasteiger partial charge is 0.372 e. The third-order valence-corrected chi connectivity index (χ3v) is 4.59. The smallest absolute Gasteiger partial charge is 0.0934 e. The molecule has 1 heterocycles. The van der Waals surface area contributed by atoms with Gasteiger partial charge in [-0.25, -0.2) is 0 Å². The van der Waals surface area contributed by atoms with Gasteiger partial charge in [0, 0.05) is 12.6 Å². The van der Waals surface area contributed by atoms with Gasteiger partial charge in [0.05, 0.1) is 12.7 Å². The van der Waals surface area contributed by atoms with E-state index in [-0.39, 0.29) is 12.4 Å². The Morgan fingerprint density at radius 2 is 1.32 bits per heavy atom. The fourth-order valence-corrected chi connectivity index (χ4v) is 2.91. The molecule has 0 aromatic carbocycles. The summed E-state index contributed by atoms with van der Waals surface area (Å²) in [4.78, 5) is 0. The minimum absolute atomic E-state index is 0. The monoisotopic (exact) mass is 333 g/mol. The standard InChI is InChI=1S/C19H39NO.ClH/c1-3-4-5-6-7-8-9-10-11-12-13-14-15-18(2)20-16-19-17-21-19;/h18-20H,3-17H2,1-2H3;1H. The van der Waals surface area contributed by atoms with Crippen LogP contribution in [0.5, 0.6) is 0 Å². The van der Waals surface area contributed by atoms with Crippen molar-refractivity contribution in [2.45, 2.75) is 109 Å². The zero-order valence-corrected chi connectivity index (χ0v) is 15.9. The molecule has 0 amide bonds. The van der Waals surface area contributed by atoms with E-state index in [2.05, 4.69) is 19.2 Å². The van der Waals surface area contributed by atoms with Crippen molar-refractivity contribution in [3.8, 4) is 0 Å². The maximum Gasteiger partial charge on any atom is 0.0934 e. The summed E-state index contributed by atoms with van der Waals surface area (Å²) in [7, 11) is 0. The van der Waals surface area contributed by atoms with Gasteiger partial charge in [0.25, 0.3) is 0 Å². The van der Waals surface area contributed by atoms with Gasteiger partial charge in [0.2, 0.25) is 0 Å². The lowest BCUT2D eigenvalue weighted by atomic mass is 10.0. The first kappa shape index (κ1) is 22.2. The summed E-state index contributed by atoms with van der Waals surface area (Å²) in [6.45, 7) is 6.62. The number of nitrogens with one attached hydrogen (secondary N) is 1. The van der Waals surface area contributed by atoms with Crippen molar-refractivity contribution in [1.82, 2.24) is 5.32 Å². The first-order valence-electron chi connectivity index (χ1n) is 9.68. The number of hydrogen-bond donors (Lipinski definition) is 1. The Hall–Kier alpha value is 0.210. The highest BCUT2D eigenvalue weighted by molar-refractivity contribution is 5.85. The summed E-state index contributed by atoms with van der Waals surface area (Å²) in [6, 6.07) is 0.664. The molecule has 2 unspecified atom stereocenters. The Morgan fingerprint density at radius 1 is 0.864 bits per heavy atom. The Bertz CT molecular complexity index is 221. The van der Waals surface area contributed by atoms with E-state index in [4.69, 9.17) is 4.74 Å². The molecule has 22 heavy (non-hydrogen) atoms. The lowest BCUT2D eigenvalue weighted by Gasteiger charge is -2.12. The summed E-state index contributed by atoms with van der Waals surface area (Å²) >= 11 is 0. The summed E-state index contributed by atoms with van der Waals surface area (Å²) in [6.07, 6.45) is 19.1. The summed E-state index contributed by atoms with van der Waals surface area (Å²) in [5, 5.41) is 3.56. The number of epoxide rings is 1. The van der Waals surface area contributed by atoms with Crippen LogP contribution in [0, 0.1) is 0 Å². The van der Waals surface area contributed by atoms with Crippen LogP contribution in [0.4, 0.5) is 0 Å². The van der Waals surface area contributed by atoms with Gasteiger partial charge in [-0.2, -0.15) is 0 Å². The molecule has 2 nitrogen and oxygen atoms in total. The molecule has 134 valence electrons. The SMILES string of the molecule is CCCCCCCCCCCCCCC(C)NCC1CO1.Cl. The number of rotatable bonds is 16. The second-order valence-corrected chi connectivity index (χ2v) is 6.94. The average Bonchev–Trinajstić information content (AvgIpc) is 3.30. The Labute approximate surface area is 145 Å². The van der Waals surface area contributed by atoms with Gasteiger partial charge in [-0.05, 0) is 13.3 Å². The highest BCUT2D eigenvalue weighted by atomic mass is 35.5. The van der Waals surface area contributed by atoms with Gasteiger partial charge < -0.3 is 10.1 Å². The molecule has 0 aliphatic carbocycles. The van der Waals surface area contributed by atoms with Gasteiger partial charge in [0.15, 0.2) is 0 Å². The Kier molecular flexibility index (Phi) is 16.2. The molecule has 3 heteroatoms. The van der Waals surface area contributed by atoms with Crippen LogP contribution in [0.15, 0.2) is 0 Å². The third-order valence-electron chi connectivity index (χ3n) is 4.59. The topological polar surface area (TPSA) is 24.6 Å². The van der Waals surface area contributed by atoms with E-state index < -0.39 is 0 Å². The zero-order valence-electron chi connectivity index (χ0n) is 15.1. The Balaban J connectivity index is 0.00000441. The molecule has 1 rings (SSSR count). The Morgan fingerprint density at radius 3 is 1.77 bits per heavy atom. The van der Waals surface area contributed by atoms with Gasteiger partial charge in [-0.1, -0.05) is 84.0 Å². The van der Waals surface area contributed by atoms with Crippen molar-refractivity contribution >= 4 is 12.4 Å². The molecule has 0 saturated carbocycles. The molecule has 1 fully saturated rings. The van der Waals surface area contributed by atoms with E-state index in [1.165, 1.54) is 83.5 Å². The predicted octanol–water partition coefficient (Wildman–Crippen LogP) is 5.88. The second kappa shape index (κ2) is 16.1. The van der Waals surface area contributed by atoms with E-state index in [1.54, 1.807) is 0 Å². The quantitative estimate of drug-likeness (QED) is 0.282. The summed E-state index contributed by atoms with van der Waals surface area (Å²) in [5.41, 5.74) is 0. The van der Waals surface area contributed by atoms with E-state index >= 15 is 0 Å². The first-order valence-corrected chi connectivity index (χ1v) is 9.68. The van der Waals surface area contributed by atoms with Gasteiger partial charge in [-0.3, -0.25) is 0 Å². The van der Waals surface area contributed by atoms with Crippen molar-refractivity contribution in [3.05, 3.63) is 0 Å². The zero-order chi connectivity index (χ0) is 15.2. The van der Waals surface area contributed by atoms with E-state index in [9.17, 15) is 0 Å². The highest BCUT2D eigenvalue weighted by Gasteiger charge is 2.22. The van der Waals surface area contributed by atoms with Crippen LogP contribution >= 0.6 is 12.4 Å². The van der Waals surface area contributed by atoms with Gasteiger partial charge in [0.1, 0.15) is 0 Å². The predicted molar refractivity (Wildman–Crippen MR) is 100 cm³/mol. The van der Waals surface area contributed by atoms with Crippen molar-refractivity contribution in [1.29, 1.82) is 0 Å². The van der Waals surface area contributed by atoms with Crippen LogP contribution in [-0.2, 0) is 4.74 Å². The molecule has 2 atom stereocenters. The van der Waals surface area contributed by atoms with Crippen molar-refractivity contribution in [2.75, 3.05) is 13.2 Å². The van der Waals surface area contributed by atoms with Gasteiger partial charge >= 0.3 is 0 Å². The number of hydrogen-bond acceptors (Lipinski definition) is 2. The van der Waals surface area contributed by atoms with Crippen LogP contribution in [0.25, 0.3) is 0 Å². The molecule has 1 aliphatic heterocycles. The number of ether oxygens (including phenoxy) is 1.